The first kappa shape index (κ1) is 13.0. The van der Waals surface area contributed by atoms with Gasteiger partial charge in [0.15, 0.2) is 0 Å². The summed E-state index contributed by atoms with van der Waals surface area (Å²) in [4.78, 5) is 50.2. The maximum absolute atomic E-state index is 12.0. The quantitative estimate of drug-likeness (QED) is 0.558. The minimum atomic E-state index is -1.09. The highest BCUT2D eigenvalue weighted by atomic mass is 16.2. The Morgan fingerprint density at radius 1 is 1.32 bits per heavy atom. The lowest BCUT2D eigenvalue weighted by Gasteiger charge is -2.11. The number of nitrogens with one attached hydrogen (secondary N) is 2. The number of likely N-dealkylation sites (tertiary alicyclic amines) is 1. The fourth-order valence-corrected chi connectivity index (χ4v) is 2.05. The molecule has 2 atom stereocenters. The van der Waals surface area contributed by atoms with Crippen LogP contribution >= 0.6 is 0 Å². The van der Waals surface area contributed by atoms with E-state index in [2.05, 4.69) is 10.3 Å². The Morgan fingerprint density at radius 2 is 2.00 bits per heavy atom. The summed E-state index contributed by atoms with van der Waals surface area (Å²) in [6.07, 6.45) is 1.43. The molecule has 0 bridgehead atoms. The van der Waals surface area contributed by atoms with Crippen LogP contribution in [0.4, 0.5) is 5.69 Å². The molecule has 1 aromatic heterocycles. The highest BCUT2D eigenvalue weighted by Crippen LogP contribution is 2.25. The number of carbonyl (C=O) groups is 3. The third kappa shape index (κ3) is 2.14. The monoisotopic (exact) mass is 263 g/mol. The molecule has 0 saturated carbocycles. The third-order valence-electron chi connectivity index (χ3n) is 3.18. The van der Waals surface area contributed by atoms with Crippen LogP contribution in [0.1, 0.15) is 6.92 Å². The number of imide groups is 1. The van der Waals surface area contributed by atoms with Gasteiger partial charge in [-0.1, -0.05) is 6.92 Å². The first-order valence-electron chi connectivity index (χ1n) is 5.73. The minimum Gasteiger partial charge on any atom is -0.327 e. The lowest BCUT2D eigenvalue weighted by Crippen LogP contribution is -2.34. The van der Waals surface area contributed by atoms with Crippen molar-refractivity contribution in [1.29, 1.82) is 0 Å². The molecule has 1 saturated heterocycles. The zero-order chi connectivity index (χ0) is 14.2. The second-order valence-corrected chi connectivity index (χ2v) is 4.40. The standard InChI is InChI=1S/C12H13N3O4/c1-6-8(12(19)15(2)11(6)18)10(17)14-7-4-3-5-13-9(7)16/h3-6,8H,1-2H3,(H,13,16)(H,14,17). The molecule has 2 N–H and O–H groups in total. The maximum atomic E-state index is 12.0. The summed E-state index contributed by atoms with van der Waals surface area (Å²) in [5.41, 5.74) is -0.414. The summed E-state index contributed by atoms with van der Waals surface area (Å²) in [7, 11) is 1.34. The van der Waals surface area contributed by atoms with E-state index in [1.807, 2.05) is 0 Å². The number of hydrogen-bond acceptors (Lipinski definition) is 4. The van der Waals surface area contributed by atoms with Crippen molar-refractivity contribution in [3.8, 4) is 0 Å². The average molecular weight is 263 g/mol. The van der Waals surface area contributed by atoms with Gasteiger partial charge in [0.25, 0.3) is 5.56 Å². The van der Waals surface area contributed by atoms with Gasteiger partial charge < -0.3 is 10.3 Å². The third-order valence-corrected chi connectivity index (χ3v) is 3.18. The number of carbonyl (C=O) groups excluding carboxylic acids is 3. The van der Waals surface area contributed by atoms with E-state index < -0.39 is 35.1 Å². The first-order valence-corrected chi connectivity index (χ1v) is 5.73. The van der Waals surface area contributed by atoms with Gasteiger partial charge in [0.05, 0.1) is 5.92 Å². The summed E-state index contributed by atoms with van der Waals surface area (Å²) in [6, 6.07) is 2.97. The predicted molar refractivity (Wildman–Crippen MR) is 66.1 cm³/mol. The van der Waals surface area contributed by atoms with E-state index in [4.69, 9.17) is 0 Å². The van der Waals surface area contributed by atoms with E-state index in [1.165, 1.54) is 26.2 Å². The number of amides is 3. The summed E-state index contributed by atoms with van der Waals surface area (Å²) in [5, 5.41) is 2.37. The highest BCUT2D eigenvalue weighted by molar-refractivity contribution is 6.17. The van der Waals surface area contributed by atoms with Crippen LogP contribution < -0.4 is 10.9 Å². The Hall–Kier alpha value is -2.44. The van der Waals surface area contributed by atoms with Crippen LogP contribution in [0.3, 0.4) is 0 Å². The van der Waals surface area contributed by atoms with Gasteiger partial charge in [0, 0.05) is 13.2 Å². The molecule has 7 nitrogen and oxygen atoms in total. The number of pyridine rings is 1. The molecule has 1 aliphatic heterocycles. The Labute approximate surface area is 108 Å². The molecule has 1 aromatic rings. The fraction of sp³-hybridized carbons (Fsp3) is 0.333. The first-order chi connectivity index (χ1) is 8.93. The molecule has 0 spiro atoms. The van der Waals surface area contributed by atoms with Crippen LogP contribution in [0.2, 0.25) is 0 Å². The number of nitrogens with zero attached hydrogens (tertiary/aromatic N) is 1. The van der Waals surface area contributed by atoms with Crippen LogP contribution in [0.5, 0.6) is 0 Å². The van der Waals surface area contributed by atoms with Gasteiger partial charge in [-0.05, 0) is 12.1 Å². The van der Waals surface area contributed by atoms with Crippen molar-refractivity contribution < 1.29 is 14.4 Å². The normalized spacial score (nSPS) is 22.7. The summed E-state index contributed by atoms with van der Waals surface area (Å²) >= 11 is 0. The van der Waals surface area contributed by atoms with Crippen LogP contribution in [0.25, 0.3) is 0 Å². The highest BCUT2D eigenvalue weighted by Gasteiger charge is 2.47. The zero-order valence-electron chi connectivity index (χ0n) is 10.5. The molecule has 2 heterocycles. The zero-order valence-corrected chi connectivity index (χ0v) is 10.5. The molecular weight excluding hydrogens is 250 g/mol. The Morgan fingerprint density at radius 3 is 2.53 bits per heavy atom. The SMILES string of the molecule is CC1C(=O)N(C)C(=O)C1C(=O)Nc1ccc[nH]c1=O. The Balaban J connectivity index is 2.22. The van der Waals surface area contributed by atoms with Crippen LogP contribution in [-0.4, -0.2) is 34.7 Å². The van der Waals surface area contributed by atoms with Crippen molar-refractivity contribution in [3.63, 3.8) is 0 Å². The number of hydrogen-bond donors (Lipinski definition) is 2. The number of anilines is 1. The van der Waals surface area contributed by atoms with Crippen molar-refractivity contribution in [3.05, 3.63) is 28.7 Å². The number of aromatic amines is 1. The van der Waals surface area contributed by atoms with Gasteiger partial charge in [-0.3, -0.25) is 24.1 Å². The summed E-state index contributed by atoms with van der Waals surface area (Å²) < 4.78 is 0. The van der Waals surface area contributed by atoms with Crippen LogP contribution in [-0.2, 0) is 14.4 Å². The summed E-state index contributed by atoms with van der Waals surface area (Å²) in [5.74, 6) is -3.40. The van der Waals surface area contributed by atoms with Crippen LogP contribution in [0, 0.1) is 11.8 Å². The van der Waals surface area contributed by atoms with Crippen molar-refractivity contribution in [1.82, 2.24) is 9.88 Å². The fourth-order valence-electron chi connectivity index (χ4n) is 2.05. The molecule has 3 amide bonds. The van der Waals surface area contributed by atoms with Crippen molar-refractivity contribution >= 4 is 23.4 Å². The number of H-pyrrole nitrogens is 1. The van der Waals surface area contributed by atoms with Crippen molar-refractivity contribution in [2.24, 2.45) is 11.8 Å². The molecule has 0 radical (unpaired) electrons. The van der Waals surface area contributed by atoms with E-state index in [9.17, 15) is 19.2 Å². The molecule has 1 aliphatic rings. The second kappa shape index (κ2) is 4.68. The van der Waals surface area contributed by atoms with Crippen molar-refractivity contribution in [2.75, 3.05) is 12.4 Å². The lowest BCUT2D eigenvalue weighted by molar-refractivity contribution is -0.138. The van der Waals surface area contributed by atoms with E-state index in [0.717, 1.165) is 4.90 Å². The van der Waals surface area contributed by atoms with E-state index in [-0.39, 0.29) is 5.69 Å². The molecule has 0 aromatic carbocycles. The van der Waals surface area contributed by atoms with E-state index in [0.29, 0.717) is 0 Å². The average Bonchev–Trinajstić information content (AvgIpc) is 2.57. The van der Waals surface area contributed by atoms with Gasteiger partial charge >= 0.3 is 0 Å². The summed E-state index contributed by atoms with van der Waals surface area (Å²) in [6.45, 7) is 1.52. The molecule has 100 valence electrons. The molecule has 2 unspecified atom stereocenters. The largest absolute Gasteiger partial charge is 0.327 e. The van der Waals surface area contributed by atoms with Crippen molar-refractivity contribution in [2.45, 2.75) is 6.92 Å². The molecular formula is C12H13N3O4. The predicted octanol–water partition coefficient (Wildman–Crippen LogP) is -0.436. The topological polar surface area (TPSA) is 99.3 Å². The maximum Gasteiger partial charge on any atom is 0.271 e. The van der Waals surface area contributed by atoms with Gasteiger partial charge in [0.2, 0.25) is 17.7 Å². The Bertz CT molecular complexity index is 607. The number of rotatable bonds is 2. The van der Waals surface area contributed by atoms with Crippen LogP contribution in [0.15, 0.2) is 23.1 Å². The van der Waals surface area contributed by atoms with E-state index in [1.54, 1.807) is 6.07 Å². The molecule has 0 aliphatic carbocycles. The molecule has 19 heavy (non-hydrogen) atoms. The molecule has 1 fully saturated rings. The van der Waals surface area contributed by atoms with Gasteiger partial charge in [0.1, 0.15) is 11.6 Å². The molecule has 7 heteroatoms. The minimum absolute atomic E-state index is 0.0505. The van der Waals surface area contributed by atoms with Gasteiger partial charge in [-0.2, -0.15) is 0 Å². The smallest absolute Gasteiger partial charge is 0.271 e. The molecule has 2 rings (SSSR count). The van der Waals surface area contributed by atoms with E-state index >= 15 is 0 Å². The van der Waals surface area contributed by atoms with Gasteiger partial charge in [-0.15, -0.1) is 0 Å². The number of aromatic nitrogens is 1. The second-order valence-electron chi connectivity index (χ2n) is 4.40. The Kier molecular flexibility index (Phi) is 3.20. The van der Waals surface area contributed by atoms with Gasteiger partial charge in [-0.25, -0.2) is 0 Å². The lowest BCUT2D eigenvalue weighted by atomic mass is 9.96.